The number of hydrogen-bond donors (Lipinski definition) is 1. The number of nitrogens with zero attached hydrogens (tertiary/aromatic N) is 1. The molecule has 0 saturated heterocycles. The zero-order chi connectivity index (χ0) is 15.4. The first-order chi connectivity index (χ1) is 9.99. The van der Waals surface area contributed by atoms with Gasteiger partial charge in [-0.1, -0.05) is 41.9 Å². The molecular formula is C17H20ClFN2. The van der Waals surface area contributed by atoms with Crippen LogP contribution >= 0.6 is 11.6 Å². The Bertz CT molecular complexity index is 601. The first kappa shape index (κ1) is 16.0. The van der Waals surface area contributed by atoms with E-state index in [1.807, 2.05) is 44.3 Å². The van der Waals surface area contributed by atoms with Gasteiger partial charge in [0.2, 0.25) is 0 Å². The van der Waals surface area contributed by atoms with Gasteiger partial charge in [0.15, 0.2) is 0 Å². The van der Waals surface area contributed by atoms with Gasteiger partial charge in [0.1, 0.15) is 5.82 Å². The Labute approximate surface area is 130 Å². The van der Waals surface area contributed by atoms with Crippen LogP contribution in [-0.4, -0.2) is 18.0 Å². The topological polar surface area (TPSA) is 29.3 Å². The highest BCUT2D eigenvalue weighted by Crippen LogP contribution is 2.29. The van der Waals surface area contributed by atoms with Crippen molar-refractivity contribution in [1.29, 1.82) is 0 Å². The molecule has 2 rings (SSSR count). The Kier molecular flexibility index (Phi) is 5.34. The quantitative estimate of drug-likeness (QED) is 0.904. The first-order valence-corrected chi connectivity index (χ1v) is 7.31. The van der Waals surface area contributed by atoms with E-state index in [4.69, 9.17) is 17.3 Å². The van der Waals surface area contributed by atoms with E-state index in [-0.39, 0.29) is 17.9 Å². The molecule has 0 spiro atoms. The minimum Gasteiger partial charge on any atom is -0.326 e. The van der Waals surface area contributed by atoms with Crippen molar-refractivity contribution in [2.24, 2.45) is 5.73 Å². The second kappa shape index (κ2) is 7.03. The molecule has 0 heterocycles. The van der Waals surface area contributed by atoms with Crippen LogP contribution in [0.5, 0.6) is 0 Å². The molecule has 0 amide bonds. The fraction of sp³-hybridized carbons (Fsp3) is 0.294. The van der Waals surface area contributed by atoms with Gasteiger partial charge in [-0.3, -0.25) is 4.90 Å². The number of nitrogens with two attached hydrogens (primary N) is 1. The van der Waals surface area contributed by atoms with Crippen molar-refractivity contribution in [3.8, 4) is 0 Å². The number of hydrogen-bond acceptors (Lipinski definition) is 2. The van der Waals surface area contributed by atoms with Crippen LogP contribution in [0.3, 0.4) is 0 Å². The fourth-order valence-electron chi connectivity index (χ4n) is 2.66. The molecule has 0 aliphatic rings. The molecule has 2 aromatic carbocycles. The summed E-state index contributed by atoms with van der Waals surface area (Å²) in [6.07, 6.45) is 0. The van der Waals surface area contributed by atoms with Gasteiger partial charge in [-0.05, 0) is 43.3 Å². The van der Waals surface area contributed by atoms with E-state index < -0.39 is 0 Å². The van der Waals surface area contributed by atoms with Crippen molar-refractivity contribution < 1.29 is 4.39 Å². The van der Waals surface area contributed by atoms with Gasteiger partial charge in [0.05, 0.1) is 6.04 Å². The summed E-state index contributed by atoms with van der Waals surface area (Å²) < 4.78 is 13.3. The van der Waals surface area contributed by atoms with Crippen LogP contribution in [-0.2, 0) is 6.54 Å². The lowest BCUT2D eigenvalue weighted by atomic mass is 9.99. The predicted octanol–water partition coefficient (Wildman–Crippen LogP) is 4.00. The third-order valence-corrected chi connectivity index (χ3v) is 3.86. The number of benzene rings is 2. The monoisotopic (exact) mass is 306 g/mol. The lowest BCUT2D eigenvalue weighted by molar-refractivity contribution is 0.211. The molecule has 0 saturated carbocycles. The van der Waals surface area contributed by atoms with Crippen LogP contribution in [0.1, 0.15) is 24.1 Å². The Hall–Kier alpha value is -1.42. The largest absolute Gasteiger partial charge is 0.326 e. The molecule has 0 aliphatic carbocycles. The van der Waals surface area contributed by atoms with Gasteiger partial charge in [-0.15, -0.1) is 0 Å². The Balaban J connectivity index is 2.24. The lowest BCUT2D eigenvalue weighted by Crippen LogP contribution is -2.37. The fourth-order valence-corrected chi connectivity index (χ4v) is 2.91. The molecular weight excluding hydrogens is 287 g/mol. The second-order valence-electron chi connectivity index (χ2n) is 5.37. The Morgan fingerprint density at radius 2 is 1.90 bits per heavy atom. The minimum atomic E-state index is -0.226. The van der Waals surface area contributed by atoms with Crippen molar-refractivity contribution >= 4 is 11.6 Å². The van der Waals surface area contributed by atoms with Crippen LogP contribution in [0.15, 0.2) is 48.5 Å². The lowest BCUT2D eigenvalue weighted by Gasteiger charge is -2.32. The average Bonchev–Trinajstić information content (AvgIpc) is 2.41. The van der Waals surface area contributed by atoms with E-state index in [1.54, 1.807) is 12.1 Å². The van der Waals surface area contributed by atoms with Gasteiger partial charge in [-0.2, -0.15) is 0 Å². The molecule has 0 bridgehead atoms. The van der Waals surface area contributed by atoms with Gasteiger partial charge >= 0.3 is 0 Å². The molecule has 21 heavy (non-hydrogen) atoms. The van der Waals surface area contributed by atoms with E-state index >= 15 is 0 Å². The molecule has 2 unspecified atom stereocenters. The molecule has 0 aliphatic heterocycles. The van der Waals surface area contributed by atoms with Crippen molar-refractivity contribution in [2.75, 3.05) is 7.05 Å². The highest BCUT2D eigenvalue weighted by Gasteiger charge is 2.23. The maximum Gasteiger partial charge on any atom is 0.123 e. The molecule has 0 fully saturated rings. The van der Waals surface area contributed by atoms with Gasteiger partial charge in [-0.25, -0.2) is 4.39 Å². The second-order valence-corrected chi connectivity index (χ2v) is 5.78. The van der Waals surface area contributed by atoms with E-state index in [0.29, 0.717) is 11.6 Å². The Morgan fingerprint density at radius 1 is 1.19 bits per heavy atom. The highest BCUT2D eigenvalue weighted by molar-refractivity contribution is 6.31. The zero-order valence-corrected chi connectivity index (χ0v) is 13.0. The highest BCUT2D eigenvalue weighted by atomic mass is 35.5. The summed E-state index contributed by atoms with van der Waals surface area (Å²) in [5.74, 6) is -0.226. The van der Waals surface area contributed by atoms with Crippen molar-refractivity contribution in [2.45, 2.75) is 25.6 Å². The van der Waals surface area contributed by atoms with Crippen LogP contribution in [0, 0.1) is 5.82 Å². The van der Waals surface area contributed by atoms with Gasteiger partial charge in [0.25, 0.3) is 0 Å². The molecule has 112 valence electrons. The van der Waals surface area contributed by atoms with E-state index in [9.17, 15) is 4.39 Å². The average molecular weight is 307 g/mol. The smallest absolute Gasteiger partial charge is 0.123 e. The third kappa shape index (κ3) is 4.03. The summed E-state index contributed by atoms with van der Waals surface area (Å²) in [5, 5.41) is 0.700. The maximum atomic E-state index is 13.3. The molecule has 2 aromatic rings. The number of halogens is 2. The number of rotatable bonds is 5. The van der Waals surface area contributed by atoms with E-state index in [0.717, 1.165) is 11.1 Å². The predicted molar refractivity (Wildman–Crippen MR) is 85.7 cm³/mol. The van der Waals surface area contributed by atoms with Gasteiger partial charge in [0, 0.05) is 17.6 Å². The molecule has 2 N–H and O–H groups in total. The molecule has 2 nitrogen and oxygen atoms in total. The van der Waals surface area contributed by atoms with E-state index in [1.165, 1.54) is 6.07 Å². The summed E-state index contributed by atoms with van der Waals surface area (Å²) >= 11 is 6.29. The summed E-state index contributed by atoms with van der Waals surface area (Å²) in [5.41, 5.74) is 8.05. The first-order valence-electron chi connectivity index (χ1n) is 6.93. The normalized spacial score (nSPS) is 14.2. The summed E-state index contributed by atoms with van der Waals surface area (Å²) in [7, 11) is 1.97. The van der Waals surface area contributed by atoms with Crippen LogP contribution < -0.4 is 5.73 Å². The van der Waals surface area contributed by atoms with Crippen molar-refractivity contribution in [1.82, 2.24) is 4.90 Å². The van der Waals surface area contributed by atoms with Crippen LogP contribution in [0.4, 0.5) is 4.39 Å². The van der Waals surface area contributed by atoms with Crippen LogP contribution in [0.2, 0.25) is 5.02 Å². The molecule has 0 radical (unpaired) electrons. The zero-order valence-electron chi connectivity index (χ0n) is 12.3. The SMILES string of the molecule is CC(N)C(c1ccccc1Cl)N(C)Cc1cccc(F)c1. The molecule has 2 atom stereocenters. The molecule has 4 heteroatoms. The van der Waals surface area contributed by atoms with Gasteiger partial charge < -0.3 is 5.73 Å². The number of likely N-dealkylation sites (N-methyl/N-ethyl adjacent to an activating group) is 1. The maximum absolute atomic E-state index is 13.3. The summed E-state index contributed by atoms with van der Waals surface area (Å²) in [6.45, 7) is 2.56. The minimum absolute atomic E-state index is 0.0260. The van der Waals surface area contributed by atoms with Crippen molar-refractivity contribution in [3.63, 3.8) is 0 Å². The summed E-state index contributed by atoms with van der Waals surface area (Å²) in [4.78, 5) is 2.10. The van der Waals surface area contributed by atoms with E-state index in [2.05, 4.69) is 4.90 Å². The molecule has 0 aromatic heterocycles. The third-order valence-electron chi connectivity index (χ3n) is 3.52. The van der Waals surface area contributed by atoms with Crippen LogP contribution in [0.25, 0.3) is 0 Å². The van der Waals surface area contributed by atoms with Crippen molar-refractivity contribution in [3.05, 3.63) is 70.5 Å². The Morgan fingerprint density at radius 3 is 2.52 bits per heavy atom. The standard InChI is InChI=1S/C17H20ClFN2/c1-12(20)17(15-8-3-4-9-16(15)18)21(2)11-13-6-5-7-14(19)10-13/h3-10,12,17H,11,20H2,1-2H3. The summed E-state index contributed by atoms with van der Waals surface area (Å²) in [6, 6.07) is 14.2.